The van der Waals surface area contributed by atoms with Crippen molar-refractivity contribution in [2.45, 2.75) is 64.8 Å². The van der Waals surface area contributed by atoms with Gasteiger partial charge in [-0.3, -0.25) is 9.59 Å². The van der Waals surface area contributed by atoms with Crippen molar-refractivity contribution in [3.63, 3.8) is 0 Å². The summed E-state index contributed by atoms with van der Waals surface area (Å²) in [6.45, 7) is 8.62. The summed E-state index contributed by atoms with van der Waals surface area (Å²) < 4.78 is 10.6. The van der Waals surface area contributed by atoms with Gasteiger partial charge in [0.25, 0.3) is 0 Å². The number of anilines is 1. The first kappa shape index (κ1) is 22.7. The van der Waals surface area contributed by atoms with Gasteiger partial charge < -0.3 is 25.2 Å². The largest absolute Gasteiger partial charge is 0.458 e. The molecule has 0 fully saturated rings. The predicted molar refractivity (Wildman–Crippen MR) is 107 cm³/mol. The second-order valence-electron chi connectivity index (χ2n) is 8.82. The van der Waals surface area contributed by atoms with E-state index >= 15 is 0 Å². The minimum atomic E-state index is -0.989. The van der Waals surface area contributed by atoms with Crippen LogP contribution in [0.2, 0.25) is 0 Å². The monoisotopic (exact) mass is 406 g/mol. The highest BCUT2D eigenvalue weighted by molar-refractivity contribution is 5.96. The zero-order valence-corrected chi connectivity index (χ0v) is 17.6. The van der Waals surface area contributed by atoms with E-state index in [1.807, 2.05) is 0 Å². The predicted octanol–water partition coefficient (Wildman–Crippen LogP) is 2.92. The maximum absolute atomic E-state index is 12.5. The lowest BCUT2D eigenvalue weighted by Gasteiger charge is -2.27. The number of aliphatic hydroxyl groups excluding tert-OH is 1. The molecule has 0 bridgehead atoms. The highest BCUT2D eigenvalue weighted by Gasteiger charge is 2.33. The number of hydrogen-bond donors (Lipinski definition) is 3. The van der Waals surface area contributed by atoms with Crippen LogP contribution < -0.4 is 10.6 Å². The van der Waals surface area contributed by atoms with E-state index in [0.29, 0.717) is 11.3 Å². The summed E-state index contributed by atoms with van der Waals surface area (Å²) in [5.74, 6) is -1.64. The minimum Gasteiger partial charge on any atom is -0.458 e. The number of carbonyl (C=O) groups is 3. The quantitative estimate of drug-likeness (QED) is 0.648. The van der Waals surface area contributed by atoms with E-state index in [-0.39, 0.29) is 25.3 Å². The molecule has 2 atom stereocenters. The normalized spacial score (nSPS) is 19.4. The van der Waals surface area contributed by atoms with Gasteiger partial charge in [0.2, 0.25) is 5.91 Å². The van der Waals surface area contributed by atoms with Crippen molar-refractivity contribution in [1.29, 1.82) is 0 Å². The zero-order chi connectivity index (χ0) is 21.8. The molecule has 0 spiro atoms. The third-order valence-electron chi connectivity index (χ3n) is 4.32. The Labute approximate surface area is 171 Å². The van der Waals surface area contributed by atoms with Crippen LogP contribution in [0.5, 0.6) is 0 Å². The third-order valence-corrected chi connectivity index (χ3v) is 4.32. The van der Waals surface area contributed by atoms with E-state index in [2.05, 4.69) is 10.6 Å². The Morgan fingerprint density at radius 1 is 1.17 bits per heavy atom. The maximum Gasteiger partial charge on any atom is 0.407 e. The number of aliphatic hydroxyl groups is 1. The number of nitrogens with one attached hydrogen (secondary N) is 2. The van der Waals surface area contributed by atoms with Crippen LogP contribution in [0.25, 0.3) is 0 Å². The molecule has 0 aliphatic carbocycles. The molecule has 8 nitrogen and oxygen atoms in total. The Balaban J connectivity index is 1.91. The third kappa shape index (κ3) is 7.05. The smallest absolute Gasteiger partial charge is 0.407 e. The van der Waals surface area contributed by atoms with Crippen LogP contribution in [0.1, 0.15) is 59.1 Å². The van der Waals surface area contributed by atoms with E-state index in [9.17, 15) is 19.5 Å². The van der Waals surface area contributed by atoms with E-state index in [4.69, 9.17) is 9.47 Å². The lowest BCUT2D eigenvalue weighted by molar-refractivity contribution is -0.158. The van der Waals surface area contributed by atoms with Crippen LogP contribution >= 0.6 is 0 Å². The van der Waals surface area contributed by atoms with Crippen molar-refractivity contribution in [2.24, 2.45) is 5.92 Å². The van der Waals surface area contributed by atoms with E-state index in [1.54, 1.807) is 58.9 Å². The van der Waals surface area contributed by atoms with E-state index < -0.39 is 35.3 Å². The number of carbonyl (C=O) groups excluding carboxylic acids is 3. The number of rotatable bonds is 5. The standard InChI is InChI=1S/C21H30N2O6/c1-20(2,3)29-19(27)22-12-21(4,5)28-17(25)11-13-10-16(24)14-8-6-7-9-15(14)23-18(13)26/h6-9,13,16,24H,10-12H2,1-5H3,(H,22,27)(H,23,26). The second kappa shape index (κ2) is 8.82. The lowest BCUT2D eigenvalue weighted by Crippen LogP contribution is -2.44. The second-order valence-corrected chi connectivity index (χ2v) is 8.82. The van der Waals surface area contributed by atoms with Crippen molar-refractivity contribution in [1.82, 2.24) is 5.32 Å². The molecule has 1 heterocycles. The Kier molecular flexibility index (Phi) is 6.89. The topological polar surface area (TPSA) is 114 Å². The van der Waals surface area contributed by atoms with Gasteiger partial charge in [-0.15, -0.1) is 0 Å². The number of alkyl carbamates (subject to hydrolysis) is 1. The van der Waals surface area contributed by atoms with Gasteiger partial charge in [0.1, 0.15) is 11.2 Å². The SMILES string of the molecule is CC(C)(C)OC(=O)NCC(C)(C)OC(=O)CC1CC(O)c2ccccc2NC1=O. The first-order chi connectivity index (χ1) is 13.4. The Hall–Kier alpha value is -2.61. The van der Waals surface area contributed by atoms with Crippen LogP contribution in [0.4, 0.5) is 10.5 Å². The van der Waals surface area contributed by atoms with Crippen molar-refractivity contribution >= 4 is 23.7 Å². The number of ether oxygens (including phenoxy) is 2. The highest BCUT2D eigenvalue weighted by atomic mass is 16.6. The lowest BCUT2D eigenvalue weighted by atomic mass is 9.95. The summed E-state index contributed by atoms with van der Waals surface area (Å²) in [4.78, 5) is 36.7. The molecule has 1 aliphatic heterocycles. The van der Waals surface area contributed by atoms with Crippen LogP contribution in [0.15, 0.2) is 24.3 Å². The molecule has 2 unspecified atom stereocenters. The molecule has 160 valence electrons. The summed E-state index contributed by atoms with van der Waals surface area (Å²) in [6.07, 6.45) is -1.52. The van der Waals surface area contributed by atoms with Crippen molar-refractivity contribution in [3.8, 4) is 0 Å². The van der Waals surface area contributed by atoms with Crippen molar-refractivity contribution in [2.75, 3.05) is 11.9 Å². The number of hydrogen-bond acceptors (Lipinski definition) is 6. The molecule has 2 amide bonds. The molecule has 1 aromatic carbocycles. The molecule has 1 aromatic rings. The van der Waals surface area contributed by atoms with Gasteiger partial charge in [0.05, 0.1) is 25.0 Å². The Bertz CT molecular complexity index is 769. The molecule has 0 saturated carbocycles. The number of benzene rings is 1. The van der Waals surface area contributed by atoms with Gasteiger partial charge in [-0.05, 0) is 47.1 Å². The highest BCUT2D eigenvalue weighted by Crippen LogP contribution is 2.33. The average molecular weight is 406 g/mol. The van der Waals surface area contributed by atoms with Crippen LogP contribution in [0, 0.1) is 5.92 Å². The molecule has 3 N–H and O–H groups in total. The average Bonchev–Trinajstić information content (AvgIpc) is 2.68. The fourth-order valence-electron chi connectivity index (χ4n) is 3.00. The molecular weight excluding hydrogens is 376 g/mol. The molecule has 2 rings (SSSR count). The van der Waals surface area contributed by atoms with Gasteiger partial charge in [-0.2, -0.15) is 0 Å². The van der Waals surface area contributed by atoms with Crippen molar-refractivity contribution in [3.05, 3.63) is 29.8 Å². The van der Waals surface area contributed by atoms with E-state index in [0.717, 1.165) is 0 Å². The Morgan fingerprint density at radius 2 is 1.83 bits per heavy atom. The Morgan fingerprint density at radius 3 is 2.48 bits per heavy atom. The molecule has 0 saturated heterocycles. The number of fused-ring (bicyclic) bond motifs is 1. The van der Waals surface area contributed by atoms with Gasteiger partial charge in [0, 0.05) is 11.3 Å². The number of para-hydroxylation sites is 1. The summed E-state index contributed by atoms with van der Waals surface area (Å²) in [5, 5.41) is 15.7. The minimum absolute atomic E-state index is 0.0541. The molecule has 29 heavy (non-hydrogen) atoms. The summed E-state index contributed by atoms with van der Waals surface area (Å²) in [7, 11) is 0. The first-order valence-electron chi connectivity index (χ1n) is 9.63. The van der Waals surface area contributed by atoms with Crippen molar-refractivity contribution < 1.29 is 29.0 Å². The molecule has 0 radical (unpaired) electrons. The van der Waals surface area contributed by atoms with Crippen LogP contribution in [-0.2, 0) is 19.1 Å². The van der Waals surface area contributed by atoms with E-state index in [1.165, 1.54) is 0 Å². The zero-order valence-electron chi connectivity index (χ0n) is 17.6. The molecule has 8 heteroatoms. The first-order valence-corrected chi connectivity index (χ1v) is 9.63. The van der Waals surface area contributed by atoms with Crippen LogP contribution in [-0.4, -0.2) is 40.8 Å². The number of esters is 1. The fourth-order valence-corrected chi connectivity index (χ4v) is 3.00. The number of amides is 2. The molecule has 1 aliphatic rings. The maximum atomic E-state index is 12.5. The van der Waals surface area contributed by atoms with Gasteiger partial charge in [-0.25, -0.2) is 4.79 Å². The fraction of sp³-hybridized carbons (Fsp3) is 0.571. The summed E-state index contributed by atoms with van der Waals surface area (Å²) in [6, 6.07) is 7.00. The van der Waals surface area contributed by atoms with Gasteiger partial charge in [0.15, 0.2) is 0 Å². The summed E-state index contributed by atoms with van der Waals surface area (Å²) in [5.41, 5.74) is -0.450. The van der Waals surface area contributed by atoms with Crippen LogP contribution in [0.3, 0.4) is 0 Å². The molecular formula is C21H30N2O6. The van der Waals surface area contributed by atoms with Gasteiger partial charge in [-0.1, -0.05) is 18.2 Å². The van der Waals surface area contributed by atoms with Gasteiger partial charge >= 0.3 is 12.1 Å². The summed E-state index contributed by atoms with van der Waals surface area (Å²) >= 11 is 0. The molecule has 0 aromatic heterocycles.